The van der Waals surface area contributed by atoms with Gasteiger partial charge in [-0.25, -0.2) is 0 Å². The molecule has 88 valence electrons. The summed E-state index contributed by atoms with van der Waals surface area (Å²) in [5.41, 5.74) is 6.85. The Morgan fingerprint density at radius 3 is 2.50 bits per heavy atom. The zero-order chi connectivity index (χ0) is 12.3. The van der Waals surface area contributed by atoms with E-state index in [2.05, 4.69) is 0 Å². The summed E-state index contributed by atoms with van der Waals surface area (Å²) < 4.78 is 35.9. The Bertz CT molecular complexity index is 402. The van der Waals surface area contributed by atoms with E-state index in [0.717, 1.165) is 5.56 Å². The Kier molecular flexibility index (Phi) is 3.54. The monoisotopic (exact) mass is 232 g/mol. The van der Waals surface area contributed by atoms with Gasteiger partial charge in [-0.15, -0.1) is 0 Å². The van der Waals surface area contributed by atoms with E-state index in [1.165, 1.54) is 6.07 Å². The second-order valence-electron chi connectivity index (χ2n) is 3.31. The molecule has 0 saturated carbocycles. The molecule has 0 fully saturated rings. The molecule has 0 atom stereocenters. The van der Waals surface area contributed by atoms with Gasteiger partial charge in [0.2, 0.25) is 0 Å². The molecular weight excluding hydrogens is 221 g/mol. The molecule has 0 aliphatic rings. The summed E-state index contributed by atoms with van der Waals surface area (Å²) in [6, 6.07) is 4.60. The molecule has 1 aromatic rings. The number of carbonyl (C=O) groups is 1. The van der Waals surface area contributed by atoms with Crippen molar-refractivity contribution in [1.29, 1.82) is 0 Å². The number of carbonyl (C=O) groups excluding carboxylic acids is 1. The van der Waals surface area contributed by atoms with Gasteiger partial charge in [-0.1, -0.05) is 12.1 Å². The zero-order valence-electron chi connectivity index (χ0n) is 8.56. The fourth-order valence-corrected chi connectivity index (χ4v) is 1.19. The van der Waals surface area contributed by atoms with Gasteiger partial charge in [0.15, 0.2) is 0 Å². The van der Waals surface area contributed by atoms with Crippen LogP contribution in [0, 0.1) is 6.92 Å². The molecule has 6 heteroatoms. The van der Waals surface area contributed by atoms with Crippen LogP contribution < -0.4 is 11.1 Å². The summed E-state index contributed by atoms with van der Waals surface area (Å²) in [6.07, 6.45) is -4.88. The predicted molar refractivity (Wildman–Crippen MR) is 53.8 cm³/mol. The van der Waals surface area contributed by atoms with E-state index >= 15 is 0 Å². The first-order chi connectivity index (χ1) is 7.34. The number of hydrogen-bond donors (Lipinski definition) is 2. The van der Waals surface area contributed by atoms with Crippen LogP contribution in [0.3, 0.4) is 0 Å². The number of hydrogen-bond acceptors (Lipinski definition) is 2. The maximum absolute atomic E-state index is 12.0. The van der Waals surface area contributed by atoms with Crippen molar-refractivity contribution in [2.45, 2.75) is 19.6 Å². The Morgan fingerprint density at radius 2 is 2.06 bits per heavy atom. The number of nitrogens with two attached hydrogens (primary N) is 1. The first-order valence-electron chi connectivity index (χ1n) is 4.52. The molecule has 0 aliphatic carbocycles. The summed E-state index contributed by atoms with van der Waals surface area (Å²) in [7, 11) is 0. The minimum atomic E-state index is -4.88. The highest BCUT2D eigenvalue weighted by Crippen LogP contribution is 2.21. The van der Waals surface area contributed by atoms with Crippen molar-refractivity contribution in [1.82, 2.24) is 0 Å². The van der Waals surface area contributed by atoms with Crippen molar-refractivity contribution in [3.63, 3.8) is 0 Å². The van der Waals surface area contributed by atoms with E-state index in [-0.39, 0.29) is 5.69 Å². The molecule has 1 aromatic carbocycles. The molecule has 0 aliphatic heterocycles. The molecule has 1 rings (SSSR count). The van der Waals surface area contributed by atoms with Crippen LogP contribution in [-0.2, 0) is 11.3 Å². The van der Waals surface area contributed by atoms with Crippen molar-refractivity contribution in [2.24, 2.45) is 5.73 Å². The number of aryl methyl sites for hydroxylation is 1. The van der Waals surface area contributed by atoms with E-state index < -0.39 is 12.1 Å². The topological polar surface area (TPSA) is 55.1 Å². The van der Waals surface area contributed by atoms with Gasteiger partial charge in [-0.05, 0) is 24.1 Å². The van der Waals surface area contributed by atoms with Crippen molar-refractivity contribution in [3.05, 3.63) is 29.3 Å². The number of benzene rings is 1. The quantitative estimate of drug-likeness (QED) is 0.818. The van der Waals surface area contributed by atoms with Gasteiger partial charge in [-0.2, -0.15) is 13.2 Å². The van der Waals surface area contributed by atoms with Crippen molar-refractivity contribution in [2.75, 3.05) is 5.32 Å². The average Bonchev–Trinajstić information content (AvgIpc) is 2.19. The molecule has 0 aromatic heterocycles. The third-order valence-electron chi connectivity index (χ3n) is 2.03. The van der Waals surface area contributed by atoms with Crippen molar-refractivity contribution >= 4 is 11.6 Å². The van der Waals surface area contributed by atoms with Gasteiger partial charge in [0, 0.05) is 12.2 Å². The van der Waals surface area contributed by atoms with Crippen LogP contribution in [0.2, 0.25) is 0 Å². The molecule has 0 saturated heterocycles. The number of alkyl halides is 3. The molecular formula is C10H11F3N2O. The predicted octanol–water partition coefficient (Wildman–Crippen LogP) is 1.95. The summed E-state index contributed by atoms with van der Waals surface area (Å²) in [4.78, 5) is 10.7. The van der Waals surface area contributed by atoms with Gasteiger partial charge < -0.3 is 11.1 Å². The standard InChI is InChI=1S/C10H11F3N2O/c1-6-4-7(5-14)2-3-8(6)15-9(16)10(11,12)13/h2-4H,5,14H2,1H3,(H,15,16). The lowest BCUT2D eigenvalue weighted by atomic mass is 10.1. The van der Waals surface area contributed by atoms with Crippen molar-refractivity contribution in [3.8, 4) is 0 Å². The van der Waals surface area contributed by atoms with Gasteiger partial charge in [0.05, 0.1) is 0 Å². The van der Waals surface area contributed by atoms with Crippen molar-refractivity contribution < 1.29 is 18.0 Å². The number of amides is 1. The molecule has 0 bridgehead atoms. The third kappa shape index (κ3) is 2.96. The smallest absolute Gasteiger partial charge is 0.326 e. The summed E-state index contributed by atoms with van der Waals surface area (Å²) in [5.74, 6) is -1.98. The van der Waals surface area contributed by atoms with Crippen LogP contribution >= 0.6 is 0 Å². The van der Waals surface area contributed by atoms with E-state index in [1.807, 2.05) is 0 Å². The number of anilines is 1. The molecule has 3 nitrogen and oxygen atoms in total. The van der Waals surface area contributed by atoms with Gasteiger partial charge in [-0.3, -0.25) is 4.79 Å². The van der Waals surface area contributed by atoms with Gasteiger partial charge >= 0.3 is 12.1 Å². The Hall–Kier alpha value is -1.56. The van der Waals surface area contributed by atoms with Crippen LogP contribution in [0.25, 0.3) is 0 Å². The molecule has 0 radical (unpaired) electrons. The lowest BCUT2D eigenvalue weighted by Crippen LogP contribution is -2.30. The SMILES string of the molecule is Cc1cc(CN)ccc1NC(=O)C(F)(F)F. The number of nitrogens with one attached hydrogen (secondary N) is 1. The number of rotatable bonds is 2. The normalized spacial score (nSPS) is 11.3. The Labute approximate surface area is 90.4 Å². The molecule has 16 heavy (non-hydrogen) atoms. The molecule has 0 unspecified atom stereocenters. The molecule has 0 spiro atoms. The van der Waals surface area contributed by atoms with E-state index in [4.69, 9.17) is 5.73 Å². The summed E-state index contributed by atoms with van der Waals surface area (Å²) in [5, 5.41) is 1.80. The Balaban J connectivity index is 2.87. The fourth-order valence-electron chi connectivity index (χ4n) is 1.19. The second kappa shape index (κ2) is 4.52. The third-order valence-corrected chi connectivity index (χ3v) is 2.03. The number of halogens is 3. The molecule has 0 heterocycles. The van der Waals surface area contributed by atoms with E-state index in [0.29, 0.717) is 12.1 Å². The highest BCUT2D eigenvalue weighted by molar-refractivity contribution is 5.95. The zero-order valence-corrected chi connectivity index (χ0v) is 8.56. The second-order valence-corrected chi connectivity index (χ2v) is 3.31. The van der Waals surface area contributed by atoms with Crippen LogP contribution in [0.1, 0.15) is 11.1 Å². The van der Waals surface area contributed by atoms with E-state index in [9.17, 15) is 18.0 Å². The fraction of sp³-hybridized carbons (Fsp3) is 0.300. The van der Waals surface area contributed by atoms with Gasteiger partial charge in [0.25, 0.3) is 0 Å². The summed E-state index contributed by atoms with van der Waals surface area (Å²) >= 11 is 0. The van der Waals surface area contributed by atoms with Crippen LogP contribution in [0.15, 0.2) is 18.2 Å². The Morgan fingerprint density at radius 1 is 1.44 bits per heavy atom. The van der Waals surface area contributed by atoms with Gasteiger partial charge in [0.1, 0.15) is 0 Å². The van der Waals surface area contributed by atoms with Crippen LogP contribution in [0.5, 0.6) is 0 Å². The van der Waals surface area contributed by atoms with Crippen LogP contribution in [0.4, 0.5) is 18.9 Å². The maximum Gasteiger partial charge on any atom is 0.471 e. The highest BCUT2D eigenvalue weighted by atomic mass is 19.4. The maximum atomic E-state index is 12.0. The average molecular weight is 232 g/mol. The lowest BCUT2D eigenvalue weighted by molar-refractivity contribution is -0.167. The molecule has 1 amide bonds. The first-order valence-corrected chi connectivity index (χ1v) is 4.52. The minimum absolute atomic E-state index is 0.138. The largest absolute Gasteiger partial charge is 0.471 e. The van der Waals surface area contributed by atoms with Crippen LogP contribution in [-0.4, -0.2) is 12.1 Å². The van der Waals surface area contributed by atoms with E-state index in [1.54, 1.807) is 24.4 Å². The lowest BCUT2D eigenvalue weighted by Gasteiger charge is -2.11. The summed E-state index contributed by atoms with van der Waals surface area (Å²) in [6.45, 7) is 1.90. The first kappa shape index (κ1) is 12.5. The highest BCUT2D eigenvalue weighted by Gasteiger charge is 2.38. The molecule has 3 N–H and O–H groups in total. The minimum Gasteiger partial charge on any atom is -0.326 e.